The van der Waals surface area contributed by atoms with E-state index in [1.54, 1.807) is 10.9 Å². The Hall–Kier alpha value is -2.56. The number of rotatable bonds is 3. The van der Waals surface area contributed by atoms with E-state index in [2.05, 4.69) is 70.7 Å². The van der Waals surface area contributed by atoms with Crippen LogP contribution in [0.3, 0.4) is 0 Å². The average molecular weight is 409 g/mol. The summed E-state index contributed by atoms with van der Waals surface area (Å²) < 4.78 is 1.58. The molecule has 3 heterocycles. The minimum absolute atomic E-state index is 0.0689. The van der Waals surface area contributed by atoms with Crippen molar-refractivity contribution in [3.63, 3.8) is 0 Å². The molecule has 2 fully saturated rings. The highest BCUT2D eigenvalue weighted by molar-refractivity contribution is 5.95. The number of amides is 1. The van der Waals surface area contributed by atoms with Crippen molar-refractivity contribution in [3.8, 4) is 11.8 Å². The number of anilines is 1. The third kappa shape index (κ3) is 4.45. The first-order valence-electron chi connectivity index (χ1n) is 10.7. The highest BCUT2D eigenvalue weighted by atomic mass is 16.2. The summed E-state index contributed by atoms with van der Waals surface area (Å²) in [5.74, 6) is 6.15. The van der Waals surface area contributed by atoms with Gasteiger partial charge in [0.15, 0.2) is 0 Å². The van der Waals surface area contributed by atoms with Crippen molar-refractivity contribution in [3.05, 3.63) is 24.5 Å². The fourth-order valence-corrected chi connectivity index (χ4v) is 4.03. The number of aromatic nitrogens is 2. The van der Waals surface area contributed by atoms with Crippen LogP contribution in [0.25, 0.3) is 11.0 Å². The van der Waals surface area contributed by atoms with Gasteiger partial charge in [0.1, 0.15) is 11.8 Å². The molecule has 0 bridgehead atoms. The van der Waals surface area contributed by atoms with Crippen LogP contribution in [0.5, 0.6) is 0 Å². The van der Waals surface area contributed by atoms with Gasteiger partial charge in [-0.25, -0.2) is 9.78 Å². The van der Waals surface area contributed by atoms with Gasteiger partial charge in [-0.15, -0.1) is 0 Å². The van der Waals surface area contributed by atoms with Crippen LogP contribution in [0.2, 0.25) is 0 Å². The predicted octanol–water partition coefficient (Wildman–Crippen LogP) is 2.08. The molecule has 0 radical (unpaired) electrons. The van der Waals surface area contributed by atoms with E-state index in [-0.39, 0.29) is 11.4 Å². The van der Waals surface area contributed by atoms with Crippen LogP contribution in [0, 0.1) is 17.3 Å². The molecule has 2 saturated heterocycles. The third-order valence-corrected chi connectivity index (χ3v) is 5.82. The number of nitrogens with one attached hydrogen (secondary N) is 1. The van der Waals surface area contributed by atoms with Gasteiger partial charge in [0, 0.05) is 50.7 Å². The largest absolute Gasteiger partial charge is 0.366 e. The van der Waals surface area contributed by atoms with Crippen molar-refractivity contribution in [2.45, 2.75) is 26.8 Å². The van der Waals surface area contributed by atoms with Crippen LogP contribution >= 0.6 is 0 Å². The first-order chi connectivity index (χ1) is 14.3. The number of benzene rings is 1. The Labute approximate surface area is 179 Å². The van der Waals surface area contributed by atoms with Crippen LogP contribution in [-0.2, 0) is 0 Å². The van der Waals surface area contributed by atoms with Crippen molar-refractivity contribution in [1.82, 2.24) is 24.7 Å². The molecule has 0 saturated carbocycles. The molecule has 1 amide bonds. The summed E-state index contributed by atoms with van der Waals surface area (Å²) in [6.45, 7) is 13.1. The van der Waals surface area contributed by atoms with E-state index >= 15 is 0 Å². The second-order valence-electron chi connectivity index (χ2n) is 9.37. The predicted molar refractivity (Wildman–Crippen MR) is 121 cm³/mol. The standard InChI is InChI=1S/C23H32N6O/c1-23(2,3)9-6-10-24-22(30)29-17-25-21-19(7-5-8-20(21)29)28-15-18(16-28)27-13-11-26(4)12-14-27/h5,7-8,17-18H,10-16H2,1-4H3,(H,24,30). The number of para-hydroxylation sites is 1. The maximum Gasteiger partial charge on any atom is 0.328 e. The summed E-state index contributed by atoms with van der Waals surface area (Å²) in [6.07, 6.45) is 1.61. The highest BCUT2D eigenvalue weighted by Crippen LogP contribution is 2.30. The van der Waals surface area contributed by atoms with Gasteiger partial charge in [0.2, 0.25) is 0 Å². The number of hydrogen-bond acceptors (Lipinski definition) is 5. The Bertz CT molecular complexity index is 965. The van der Waals surface area contributed by atoms with Gasteiger partial charge >= 0.3 is 6.03 Å². The fourth-order valence-electron chi connectivity index (χ4n) is 4.03. The molecule has 7 heteroatoms. The van der Waals surface area contributed by atoms with Crippen LogP contribution in [0.15, 0.2) is 24.5 Å². The van der Waals surface area contributed by atoms with E-state index in [0.717, 1.165) is 56.0 Å². The lowest BCUT2D eigenvalue weighted by molar-refractivity contribution is 0.0964. The summed E-state index contributed by atoms with van der Waals surface area (Å²) in [5.41, 5.74) is 2.75. The molecule has 160 valence electrons. The Morgan fingerprint density at radius 1 is 1.20 bits per heavy atom. The second-order valence-corrected chi connectivity index (χ2v) is 9.37. The SMILES string of the molecule is CN1CCN(C2CN(c3cccc4c3ncn4C(=O)NCC#CC(C)(C)C)C2)CC1. The normalized spacial score (nSPS) is 18.7. The lowest BCUT2D eigenvalue weighted by Crippen LogP contribution is -2.63. The molecule has 30 heavy (non-hydrogen) atoms. The average Bonchev–Trinajstić information content (AvgIpc) is 3.10. The van der Waals surface area contributed by atoms with Gasteiger partial charge in [-0.2, -0.15) is 0 Å². The van der Waals surface area contributed by atoms with Gasteiger partial charge in [0.05, 0.1) is 17.7 Å². The maximum absolute atomic E-state index is 12.6. The topological polar surface area (TPSA) is 56.6 Å². The number of piperazine rings is 1. The molecule has 7 nitrogen and oxygen atoms in total. The van der Waals surface area contributed by atoms with E-state index in [1.165, 1.54) is 0 Å². The van der Waals surface area contributed by atoms with Gasteiger partial charge in [-0.1, -0.05) is 17.9 Å². The number of carbonyl (C=O) groups excluding carboxylic acids is 1. The first-order valence-corrected chi connectivity index (χ1v) is 10.7. The van der Waals surface area contributed by atoms with Crippen LogP contribution < -0.4 is 10.2 Å². The lowest BCUT2D eigenvalue weighted by Gasteiger charge is -2.48. The first kappa shape index (κ1) is 20.7. The summed E-state index contributed by atoms with van der Waals surface area (Å²) in [5, 5.41) is 2.87. The minimum atomic E-state index is -0.197. The summed E-state index contributed by atoms with van der Waals surface area (Å²) in [6, 6.07) is 6.47. The van der Waals surface area contributed by atoms with Crippen LogP contribution in [0.1, 0.15) is 20.8 Å². The number of carbonyl (C=O) groups is 1. The zero-order valence-corrected chi connectivity index (χ0v) is 18.5. The van der Waals surface area contributed by atoms with E-state index < -0.39 is 0 Å². The summed E-state index contributed by atoms with van der Waals surface area (Å²) in [7, 11) is 2.19. The lowest BCUT2D eigenvalue weighted by atomic mass is 9.98. The van der Waals surface area contributed by atoms with Gasteiger partial charge in [-0.05, 0) is 40.0 Å². The number of nitrogens with zero attached hydrogens (tertiary/aromatic N) is 5. The van der Waals surface area contributed by atoms with Crippen molar-refractivity contribution in [2.75, 3.05) is 57.8 Å². The Kier molecular flexibility index (Phi) is 5.72. The molecular formula is C23H32N6O. The van der Waals surface area contributed by atoms with Crippen LogP contribution in [-0.4, -0.2) is 84.3 Å². The molecule has 1 aromatic carbocycles. The monoisotopic (exact) mass is 408 g/mol. The maximum atomic E-state index is 12.6. The minimum Gasteiger partial charge on any atom is -0.366 e. The smallest absolute Gasteiger partial charge is 0.328 e. The zero-order valence-electron chi connectivity index (χ0n) is 18.5. The van der Waals surface area contributed by atoms with E-state index in [9.17, 15) is 4.79 Å². The number of hydrogen-bond donors (Lipinski definition) is 1. The number of likely N-dealkylation sites (N-methyl/N-ethyl adjacent to an activating group) is 1. The molecule has 0 spiro atoms. The molecule has 2 aliphatic rings. The molecule has 2 aliphatic heterocycles. The van der Waals surface area contributed by atoms with Crippen molar-refractivity contribution < 1.29 is 4.79 Å². The zero-order chi connectivity index (χ0) is 21.3. The summed E-state index contributed by atoms with van der Waals surface area (Å²) >= 11 is 0. The Balaban J connectivity index is 1.41. The van der Waals surface area contributed by atoms with Gasteiger partial charge in [0.25, 0.3) is 0 Å². The van der Waals surface area contributed by atoms with E-state index in [4.69, 9.17) is 0 Å². The molecule has 0 atom stereocenters. The summed E-state index contributed by atoms with van der Waals surface area (Å²) in [4.78, 5) is 24.5. The third-order valence-electron chi connectivity index (χ3n) is 5.82. The van der Waals surface area contributed by atoms with Crippen molar-refractivity contribution in [1.29, 1.82) is 0 Å². The van der Waals surface area contributed by atoms with E-state index in [1.807, 2.05) is 12.1 Å². The second kappa shape index (κ2) is 8.29. The number of imidazole rings is 1. The highest BCUT2D eigenvalue weighted by Gasteiger charge is 2.34. The molecule has 1 N–H and O–H groups in total. The molecule has 0 aliphatic carbocycles. The number of fused-ring (bicyclic) bond motifs is 1. The van der Waals surface area contributed by atoms with Crippen molar-refractivity contribution in [2.24, 2.45) is 5.41 Å². The molecule has 1 aromatic heterocycles. The Morgan fingerprint density at radius 2 is 1.93 bits per heavy atom. The molecule has 0 unspecified atom stereocenters. The fraction of sp³-hybridized carbons (Fsp3) is 0.565. The quantitative estimate of drug-likeness (QED) is 0.788. The molecule has 2 aromatic rings. The Morgan fingerprint density at radius 3 is 2.63 bits per heavy atom. The van der Waals surface area contributed by atoms with E-state index in [0.29, 0.717) is 12.6 Å². The molecular weight excluding hydrogens is 376 g/mol. The van der Waals surface area contributed by atoms with Gasteiger partial charge < -0.3 is 15.1 Å². The molecule has 4 rings (SSSR count). The van der Waals surface area contributed by atoms with Crippen LogP contribution in [0.4, 0.5) is 10.5 Å². The van der Waals surface area contributed by atoms with Gasteiger partial charge in [-0.3, -0.25) is 9.47 Å². The van der Waals surface area contributed by atoms with Crippen molar-refractivity contribution >= 4 is 22.8 Å².